The average molecular weight is 166 g/mol. The van der Waals surface area contributed by atoms with E-state index in [1.165, 1.54) is 0 Å². The van der Waals surface area contributed by atoms with Gasteiger partial charge in [-0.2, -0.15) is 0 Å². The van der Waals surface area contributed by atoms with Crippen LogP contribution in [0.4, 0.5) is 5.82 Å². The SMILES string of the molecule is CCN(C)c1cccc(CO)n1. The molecule has 0 fully saturated rings. The Morgan fingerprint density at radius 2 is 2.25 bits per heavy atom. The first-order chi connectivity index (χ1) is 5.77. The molecule has 0 aliphatic rings. The predicted molar refractivity (Wildman–Crippen MR) is 49.1 cm³/mol. The Kier molecular flexibility index (Phi) is 3.05. The fourth-order valence-corrected chi connectivity index (χ4v) is 0.930. The Bertz CT molecular complexity index is 250. The van der Waals surface area contributed by atoms with Gasteiger partial charge in [-0.1, -0.05) is 6.07 Å². The molecule has 0 unspecified atom stereocenters. The predicted octanol–water partition coefficient (Wildman–Crippen LogP) is 1.03. The van der Waals surface area contributed by atoms with E-state index in [1.54, 1.807) is 0 Å². The highest BCUT2D eigenvalue weighted by Gasteiger charge is 1.99. The van der Waals surface area contributed by atoms with Gasteiger partial charge in [0.25, 0.3) is 0 Å². The number of aliphatic hydroxyl groups excluding tert-OH is 1. The monoisotopic (exact) mass is 166 g/mol. The van der Waals surface area contributed by atoms with Crippen LogP contribution in [0.2, 0.25) is 0 Å². The summed E-state index contributed by atoms with van der Waals surface area (Å²) in [5.41, 5.74) is 0.716. The van der Waals surface area contributed by atoms with Gasteiger partial charge in [0, 0.05) is 13.6 Å². The Hall–Kier alpha value is -1.09. The molecule has 0 aliphatic carbocycles. The lowest BCUT2D eigenvalue weighted by atomic mass is 10.3. The molecule has 1 aromatic rings. The summed E-state index contributed by atoms with van der Waals surface area (Å²) >= 11 is 0. The number of anilines is 1. The fourth-order valence-electron chi connectivity index (χ4n) is 0.930. The lowest BCUT2D eigenvalue weighted by molar-refractivity contribution is 0.277. The molecule has 66 valence electrons. The van der Waals surface area contributed by atoms with Crippen molar-refractivity contribution >= 4 is 5.82 Å². The van der Waals surface area contributed by atoms with E-state index >= 15 is 0 Å². The Balaban J connectivity index is 2.86. The highest BCUT2D eigenvalue weighted by Crippen LogP contribution is 2.08. The summed E-state index contributed by atoms with van der Waals surface area (Å²) in [6.07, 6.45) is 0. The van der Waals surface area contributed by atoms with Gasteiger partial charge >= 0.3 is 0 Å². The normalized spacial score (nSPS) is 9.92. The third-order valence-corrected chi connectivity index (χ3v) is 1.82. The zero-order chi connectivity index (χ0) is 8.97. The first-order valence-corrected chi connectivity index (χ1v) is 4.06. The van der Waals surface area contributed by atoms with E-state index in [1.807, 2.05) is 30.1 Å². The van der Waals surface area contributed by atoms with Crippen molar-refractivity contribution in [1.82, 2.24) is 4.98 Å². The van der Waals surface area contributed by atoms with Gasteiger partial charge in [-0.05, 0) is 19.1 Å². The molecule has 3 heteroatoms. The minimum atomic E-state index is 0.00535. The minimum Gasteiger partial charge on any atom is -0.390 e. The molecular formula is C9H14N2O. The van der Waals surface area contributed by atoms with Crippen LogP contribution in [0.3, 0.4) is 0 Å². The van der Waals surface area contributed by atoms with Gasteiger partial charge in [0.05, 0.1) is 12.3 Å². The maximum atomic E-state index is 8.84. The van der Waals surface area contributed by atoms with Crippen molar-refractivity contribution in [2.24, 2.45) is 0 Å². The van der Waals surface area contributed by atoms with E-state index in [2.05, 4.69) is 11.9 Å². The van der Waals surface area contributed by atoms with E-state index < -0.39 is 0 Å². The minimum absolute atomic E-state index is 0.00535. The second kappa shape index (κ2) is 4.07. The number of hydrogen-bond donors (Lipinski definition) is 1. The molecule has 1 heterocycles. The summed E-state index contributed by atoms with van der Waals surface area (Å²) in [7, 11) is 1.98. The maximum Gasteiger partial charge on any atom is 0.128 e. The Morgan fingerprint density at radius 1 is 1.50 bits per heavy atom. The largest absolute Gasteiger partial charge is 0.390 e. The highest BCUT2D eigenvalue weighted by molar-refractivity contribution is 5.37. The summed E-state index contributed by atoms with van der Waals surface area (Å²) in [6, 6.07) is 5.65. The molecule has 0 aromatic carbocycles. The number of pyridine rings is 1. The summed E-state index contributed by atoms with van der Waals surface area (Å²) in [5.74, 6) is 0.907. The van der Waals surface area contributed by atoms with Crippen LogP contribution in [-0.2, 0) is 6.61 Å². The molecule has 0 saturated carbocycles. The van der Waals surface area contributed by atoms with Gasteiger partial charge in [0.15, 0.2) is 0 Å². The van der Waals surface area contributed by atoms with Crippen molar-refractivity contribution in [3.8, 4) is 0 Å². The third kappa shape index (κ3) is 1.95. The van der Waals surface area contributed by atoms with E-state index in [0.29, 0.717) is 5.69 Å². The van der Waals surface area contributed by atoms with Crippen molar-refractivity contribution in [2.45, 2.75) is 13.5 Å². The van der Waals surface area contributed by atoms with E-state index in [4.69, 9.17) is 5.11 Å². The molecule has 1 rings (SSSR count). The van der Waals surface area contributed by atoms with E-state index in [-0.39, 0.29) is 6.61 Å². The molecule has 12 heavy (non-hydrogen) atoms. The van der Waals surface area contributed by atoms with Gasteiger partial charge < -0.3 is 10.0 Å². The van der Waals surface area contributed by atoms with Gasteiger partial charge in [-0.3, -0.25) is 0 Å². The van der Waals surface area contributed by atoms with Crippen LogP contribution in [0, 0.1) is 0 Å². The number of aliphatic hydroxyl groups is 1. The van der Waals surface area contributed by atoms with Crippen LogP contribution in [0.25, 0.3) is 0 Å². The third-order valence-electron chi connectivity index (χ3n) is 1.82. The molecule has 0 amide bonds. The van der Waals surface area contributed by atoms with Gasteiger partial charge in [-0.25, -0.2) is 4.98 Å². The van der Waals surface area contributed by atoms with Gasteiger partial charge in [0.2, 0.25) is 0 Å². The number of rotatable bonds is 3. The quantitative estimate of drug-likeness (QED) is 0.728. The van der Waals surface area contributed by atoms with Gasteiger partial charge in [-0.15, -0.1) is 0 Å². The van der Waals surface area contributed by atoms with Crippen LogP contribution in [0.15, 0.2) is 18.2 Å². The zero-order valence-corrected chi connectivity index (χ0v) is 7.49. The average Bonchev–Trinajstić information content (AvgIpc) is 2.17. The van der Waals surface area contributed by atoms with Crippen molar-refractivity contribution in [2.75, 3.05) is 18.5 Å². The molecule has 0 bridgehead atoms. The molecule has 1 aromatic heterocycles. The second-order valence-electron chi connectivity index (χ2n) is 2.66. The molecule has 3 nitrogen and oxygen atoms in total. The molecule has 0 atom stereocenters. The standard InChI is InChI=1S/C9H14N2O/c1-3-11(2)9-6-4-5-8(7-12)10-9/h4-6,12H,3,7H2,1-2H3. The smallest absolute Gasteiger partial charge is 0.128 e. The van der Waals surface area contributed by atoms with Gasteiger partial charge in [0.1, 0.15) is 5.82 Å². The molecule has 0 radical (unpaired) electrons. The summed E-state index contributed by atoms with van der Waals surface area (Å²) in [6.45, 7) is 2.99. The van der Waals surface area contributed by atoms with Crippen molar-refractivity contribution < 1.29 is 5.11 Å². The van der Waals surface area contributed by atoms with Crippen LogP contribution in [0.5, 0.6) is 0 Å². The number of aromatic nitrogens is 1. The van der Waals surface area contributed by atoms with Crippen LogP contribution < -0.4 is 4.90 Å². The van der Waals surface area contributed by atoms with Crippen molar-refractivity contribution in [3.05, 3.63) is 23.9 Å². The highest BCUT2D eigenvalue weighted by atomic mass is 16.3. The lowest BCUT2D eigenvalue weighted by Crippen LogP contribution is -2.17. The fraction of sp³-hybridized carbons (Fsp3) is 0.444. The Labute approximate surface area is 72.7 Å². The molecule has 0 saturated heterocycles. The van der Waals surface area contributed by atoms with Crippen LogP contribution in [0.1, 0.15) is 12.6 Å². The number of hydrogen-bond acceptors (Lipinski definition) is 3. The molecule has 0 spiro atoms. The second-order valence-corrected chi connectivity index (χ2v) is 2.66. The zero-order valence-electron chi connectivity index (χ0n) is 7.49. The Morgan fingerprint density at radius 3 is 2.83 bits per heavy atom. The lowest BCUT2D eigenvalue weighted by Gasteiger charge is -2.15. The molecular weight excluding hydrogens is 152 g/mol. The van der Waals surface area contributed by atoms with Crippen molar-refractivity contribution in [3.63, 3.8) is 0 Å². The summed E-state index contributed by atoms with van der Waals surface area (Å²) < 4.78 is 0. The van der Waals surface area contributed by atoms with Crippen LogP contribution >= 0.6 is 0 Å². The molecule has 0 aliphatic heterocycles. The van der Waals surface area contributed by atoms with E-state index in [0.717, 1.165) is 12.4 Å². The topological polar surface area (TPSA) is 36.4 Å². The van der Waals surface area contributed by atoms with Crippen LogP contribution in [-0.4, -0.2) is 23.7 Å². The summed E-state index contributed by atoms with van der Waals surface area (Å²) in [4.78, 5) is 6.26. The summed E-state index contributed by atoms with van der Waals surface area (Å²) in [5, 5.41) is 8.84. The van der Waals surface area contributed by atoms with Crippen molar-refractivity contribution in [1.29, 1.82) is 0 Å². The first kappa shape index (κ1) is 9.00. The number of nitrogens with zero attached hydrogens (tertiary/aromatic N) is 2. The first-order valence-electron chi connectivity index (χ1n) is 4.06. The maximum absolute atomic E-state index is 8.84. The van der Waals surface area contributed by atoms with E-state index in [9.17, 15) is 0 Å². The molecule has 1 N–H and O–H groups in total.